The maximum atomic E-state index is 10.3. The minimum absolute atomic E-state index is 0.111. The number of methoxy groups -OCH3 is 1. The van der Waals surface area contributed by atoms with Crippen LogP contribution in [-0.2, 0) is 9.53 Å². The van der Waals surface area contributed by atoms with Gasteiger partial charge in [-0.25, -0.2) is 0 Å². The van der Waals surface area contributed by atoms with E-state index in [4.69, 9.17) is 5.73 Å². The second kappa shape index (κ2) is 5.12. The van der Waals surface area contributed by atoms with Crippen LogP contribution < -0.4 is 5.73 Å². The average Bonchev–Trinajstić information content (AvgIpc) is 2.06. The quantitative estimate of drug-likeness (QED) is 0.220. The van der Waals surface area contributed by atoms with Gasteiger partial charge in [0.2, 0.25) is 5.88 Å². The third kappa shape index (κ3) is 3.01. The molecule has 0 aromatic heterocycles. The molecule has 4 heteroatoms. The Hall–Kier alpha value is -1.58. The number of amidine groups is 1. The van der Waals surface area contributed by atoms with E-state index >= 15 is 0 Å². The average molecular weight is 168 g/mol. The van der Waals surface area contributed by atoms with Gasteiger partial charge in [0.25, 0.3) is 0 Å². The first-order chi connectivity index (χ1) is 5.65. The van der Waals surface area contributed by atoms with Crippen LogP contribution in [0.15, 0.2) is 29.1 Å². The van der Waals surface area contributed by atoms with Gasteiger partial charge < -0.3 is 10.5 Å². The Morgan fingerprint density at radius 3 is 2.58 bits per heavy atom. The van der Waals surface area contributed by atoms with Crippen molar-refractivity contribution >= 4 is 12.1 Å². The van der Waals surface area contributed by atoms with Crippen LogP contribution >= 0.6 is 0 Å². The number of carbonyl (C=O) groups is 1. The minimum atomic E-state index is 0.111. The fourth-order valence-electron chi connectivity index (χ4n) is 0.521. The van der Waals surface area contributed by atoms with E-state index < -0.39 is 0 Å². The van der Waals surface area contributed by atoms with Crippen LogP contribution in [0, 0.1) is 0 Å². The summed E-state index contributed by atoms with van der Waals surface area (Å²) in [5, 5.41) is 0. The number of nitrogens with zero attached hydrogens (tertiary/aromatic N) is 1. The molecule has 0 aromatic rings. The van der Waals surface area contributed by atoms with Crippen LogP contribution in [0.4, 0.5) is 0 Å². The van der Waals surface area contributed by atoms with Gasteiger partial charge in [0.05, 0.1) is 12.7 Å². The summed E-state index contributed by atoms with van der Waals surface area (Å²) in [6.45, 7) is 5.13. The van der Waals surface area contributed by atoms with Gasteiger partial charge in [-0.2, -0.15) is 4.99 Å². The Bertz CT molecular complexity index is 241. The molecule has 0 saturated heterocycles. The number of nitrogens with two attached hydrogens (primary N) is 1. The Kier molecular flexibility index (Phi) is 4.45. The van der Waals surface area contributed by atoms with Gasteiger partial charge in [0, 0.05) is 0 Å². The molecule has 66 valence electrons. The number of aldehydes is 1. The molecule has 0 aliphatic rings. The van der Waals surface area contributed by atoms with Gasteiger partial charge >= 0.3 is 0 Å². The molecule has 0 aromatic carbocycles. The van der Waals surface area contributed by atoms with E-state index in [-0.39, 0.29) is 11.7 Å². The van der Waals surface area contributed by atoms with Crippen LogP contribution in [-0.4, -0.2) is 19.2 Å². The maximum Gasteiger partial charge on any atom is 0.207 e. The van der Waals surface area contributed by atoms with Gasteiger partial charge in [0.1, 0.15) is 5.84 Å². The summed E-state index contributed by atoms with van der Waals surface area (Å²) in [7, 11) is 1.43. The molecule has 2 N–H and O–H groups in total. The standard InChI is InChI=1S/C8H12N2O2/c1-4-7(5-11)8(9)10-6(2)12-3/h4-5H,2H2,1,3H3,(H2,9,10). The summed E-state index contributed by atoms with van der Waals surface area (Å²) < 4.78 is 4.65. The largest absolute Gasteiger partial charge is 0.481 e. The fourth-order valence-corrected chi connectivity index (χ4v) is 0.521. The van der Waals surface area contributed by atoms with Crippen molar-refractivity contribution in [3.8, 4) is 0 Å². The smallest absolute Gasteiger partial charge is 0.207 e. The normalized spacial score (nSPS) is 12.5. The molecule has 0 fully saturated rings. The van der Waals surface area contributed by atoms with Crippen LogP contribution in [0.1, 0.15) is 6.92 Å². The summed E-state index contributed by atoms with van der Waals surface area (Å²) in [5.41, 5.74) is 5.75. The van der Waals surface area contributed by atoms with Crippen molar-refractivity contribution in [2.45, 2.75) is 6.92 Å². The summed E-state index contributed by atoms with van der Waals surface area (Å²) in [6.07, 6.45) is 2.19. The molecule has 4 nitrogen and oxygen atoms in total. The highest BCUT2D eigenvalue weighted by atomic mass is 16.5. The Balaban J connectivity index is 4.56. The number of carbonyl (C=O) groups excluding carboxylic acids is 1. The monoisotopic (exact) mass is 168 g/mol. The number of aliphatic imine (C=N–C) groups is 1. The van der Waals surface area contributed by atoms with Crippen molar-refractivity contribution in [3.63, 3.8) is 0 Å². The van der Waals surface area contributed by atoms with E-state index in [1.165, 1.54) is 7.11 Å². The second-order valence-corrected chi connectivity index (χ2v) is 1.96. The van der Waals surface area contributed by atoms with E-state index in [1.807, 2.05) is 0 Å². The molecule has 0 rings (SSSR count). The molecule has 0 aliphatic heterocycles. The van der Waals surface area contributed by atoms with E-state index in [2.05, 4.69) is 16.3 Å². The van der Waals surface area contributed by atoms with Crippen molar-refractivity contribution in [3.05, 3.63) is 24.1 Å². The molecule has 0 aliphatic carbocycles. The van der Waals surface area contributed by atoms with E-state index in [0.29, 0.717) is 11.9 Å². The zero-order valence-electron chi connectivity index (χ0n) is 7.20. The zero-order chi connectivity index (χ0) is 9.56. The van der Waals surface area contributed by atoms with Crippen molar-refractivity contribution in [2.75, 3.05) is 7.11 Å². The van der Waals surface area contributed by atoms with Crippen LogP contribution in [0.25, 0.3) is 0 Å². The first-order valence-electron chi connectivity index (χ1n) is 3.34. The van der Waals surface area contributed by atoms with Crippen LogP contribution in [0.2, 0.25) is 0 Å². The van der Waals surface area contributed by atoms with Crippen LogP contribution in [0.3, 0.4) is 0 Å². The molecule has 0 saturated carbocycles. The van der Waals surface area contributed by atoms with Gasteiger partial charge in [-0.3, -0.25) is 4.79 Å². The van der Waals surface area contributed by atoms with E-state index in [1.54, 1.807) is 13.0 Å². The van der Waals surface area contributed by atoms with Crippen molar-refractivity contribution in [1.29, 1.82) is 0 Å². The maximum absolute atomic E-state index is 10.3. The predicted octanol–water partition coefficient (Wildman–Crippen LogP) is 0.606. The van der Waals surface area contributed by atoms with E-state index in [0.717, 1.165) is 0 Å². The van der Waals surface area contributed by atoms with Crippen LogP contribution in [0.5, 0.6) is 0 Å². The predicted molar refractivity (Wildman–Crippen MR) is 47.6 cm³/mol. The van der Waals surface area contributed by atoms with E-state index in [9.17, 15) is 4.79 Å². The summed E-state index contributed by atoms with van der Waals surface area (Å²) in [5.74, 6) is 0.285. The molecule has 0 amide bonds. The molecule has 0 unspecified atom stereocenters. The van der Waals surface area contributed by atoms with Crippen molar-refractivity contribution in [2.24, 2.45) is 10.7 Å². The summed E-state index contributed by atoms with van der Waals surface area (Å²) >= 11 is 0. The molecule has 0 radical (unpaired) electrons. The van der Waals surface area contributed by atoms with Crippen molar-refractivity contribution < 1.29 is 9.53 Å². The number of hydrogen-bond acceptors (Lipinski definition) is 3. The minimum Gasteiger partial charge on any atom is -0.481 e. The molecule has 0 bridgehead atoms. The summed E-state index contributed by atoms with van der Waals surface area (Å²) in [4.78, 5) is 14.1. The Morgan fingerprint density at radius 1 is 1.67 bits per heavy atom. The highest BCUT2D eigenvalue weighted by molar-refractivity contribution is 6.12. The highest BCUT2D eigenvalue weighted by Crippen LogP contribution is 1.96. The molecule has 12 heavy (non-hydrogen) atoms. The topological polar surface area (TPSA) is 64.7 Å². The molecule has 0 atom stereocenters. The van der Waals surface area contributed by atoms with Crippen molar-refractivity contribution in [1.82, 2.24) is 0 Å². The molecule has 0 spiro atoms. The molecule has 0 heterocycles. The van der Waals surface area contributed by atoms with Gasteiger partial charge in [0.15, 0.2) is 6.29 Å². The summed E-state index contributed by atoms with van der Waals surface area (Å²) in [6, 6.07) is 0. The number of allylic oxidation sites excluding steroid dienone is 1. The SMILES string of the molecule is C=C(/N=C(/N)C(C=O)=CC)OC. The number of hydrogen-bond donors (Lipinski definition) is 1. The Labute approximate surface area is 71.4 Å². The first kappa shape index (κ1) is 10.4. The lowest BCUT2D eigenvalue weighted by Crippen LogP contribution is -2.16. The second-order valence-electron chi connectivity index (χ2n) is 1.96. The molecular formula is C8H12N2O2. The fraction of sp³-hybridized carbons (Fsp3) is 0.250. The zero-order valence-corrected chi connectivity index (χ0v) is 7.20. The lowest BCUT2D eigenvalue weighted by Gasteiger charge is -1.99. The number of ether oxygens (including phenoxy) is 1. The lowest BCUT2D eigenvalue weighted by atomic mass is 10.2. The molecular weight excluding hydrogens is 156 g/mol. The third-order valence-corrected chi connectivity index (χ3v) is 1.21. The lowest BCUT2D eigenvalue weighted by molar-refractivity contribution is -0.104. The highest BCUT2D eigenvalue weighted by Gasteiger charge is 1.99. The van der Waals surface area contributed by atoms with Gasteiger partial charge in [-0.1, -0.05) is 6.08 Å². The first-order valence-corrected chi connectivity index (χ1v) is 3.34. The Morgan fingerprint density at radius 2 is 2.25 bits per heavy atom. The van der Waals surface area contributed by atoms with Gasteiger partial charge in [-0.05, 0) is 13.5 Å². The third-order valence-electron chi connectivity index (χ3n) is 1.21. The number of rotatable bonds is 4. The van der Waals surface area contributed by atoms with Gasteiger partial charge in [-0.15, -0.1) is 0 Å².